The minimum absolute atomic E-state index is 0.0760. The van der Waals surface area contributed by atoms with Crippen LogP contribution in [-0.4, -0.2) is 44.1 Å². The van der Waals surface area contributed by atoms with Crippen molar-refractivity contribution in [3.8, 4) is 0 Å². The first-order chi connectivity index (χ1) is 11.2. The van der Waals surface area contributed by atoms with Crippen LogP contribution in [0.5, 0.6) is 0 Å². The standard InChI is InChI=1S/C17H26N2O4S/c1-17(2,24(3,21)22)12-18-14-9-15(10-14)19-16(20)23-11-13-7-5-4-6-8-13/h4-8,14-15,18H,9-12H2,1-3H3,(H,19,20). The van der Waals surface area contributed by atoms with Gasteiger partial charge in [-0.1, -0.05) is 30.3 Å². The molecule has 0 aliphatic heterocycles. The Morgan fingerprint density at radius 1 is 1.21 bits per heavy atom. The van der Waals surface area contributed by atoms with Crippen molar-refractivity contribution in [1.29, 1.82) is 0 Å². The monoisotopic (exact) mass is 354 g/mol. The normalized spacial score (nSPS) is 21.0. The lowest BCUT2D eigenvalue weighted by Crippen LogP contribution is -2.55. The highest BCUT2D eigenvalue weighted by Crippen LogP contribution is 2.22. The first-order valence-corrected chi connectivity index (χ1v) is 9.97. The third-order valence-electron chi connectivity index (χ3n) is 4.49. The molecule has 1 aliphatic carbocycles. The second-order valence-electron chi connectivity index (χ2n) is 6.98. The van der Waals surface area contributed by atoms with E-state index < -0.39 is 20.7 Å². The number of rotatable bonds is 7. The van der Waals surface area contributed by atoms with Crippen molar-refractivity contribution in [3.05, 3.63) is 35.9 Å². The van der Waals surface area contributed by atoms with Crippen LogP contribution in [0.4, 0.5) is 4.79 Å². The molecule has 0 radical (unpaired) electrons. The molecular weight excluding hydrogens is 328 g/mol. The smallest absolute Gasteiger partial charge is 0.407 e. The summed E-state index contributed by atoms with van der Waals surface area (Å²) in [5.74, 6) is 0. The van der Waals surface area contributed by atoms with Crippen molar-refractivity contribution in [3.63, 3.8) is 0 Å². The molecule has 0 unspecified atom stereocenters. The van der Waals surface area contributed by atoms with Crippen molar-refractivity contribution in [2.75, 3.05) is 12.8 Å². The van der Waals surface area contributed by atoms with Gasteiger partial charge < -0.3 is 15.4 Å². The molecule has 0 spiro atoms. The highest BCUT2D eigenvalue weighted by Gasteiger charge is 2.35. The van der Waals surface area contributed by atoms with Crippen LogP contribution in [0, 0.1) is 0 Å². The number of ether oxygens (including phenoxy) is 1. The van der Waals surface area contributed by atoms with Crippen molar-refractivity contribution in [2.24, 2.45) is 0 Å². The lowest BCUT2D eigenvalue weighted by atomic mass is 9.86. The minimum Gasteiger partial charge on any atom is -0.445 e. The molecule has 0 bridgehead atoms. The molecule has 1 fully saturated rings. The van der Waals surface area contributed by atoms with Gasteiger partial charge in [-0.3, -0.25) is 0 Å². The zero-order valence-electron chi connectivity index (χ0n) is 14.4. The Morgan fingerprint density at radius 2 is 1.83 bits per heavy atom. The Balaban J connectivity index is 1.63. The summed E-state index contributed by atoms with van der Waals surface area (Å²) in [4.78, 5) is 11.7. The highest BCUT2D eigenvalue weighted by atomic mass is 32.2. The second kappa shape index (κ2) is 7.53. The Bertz CT molecular complexity index is 652. The molecule has 2 rings (SSSR count). The Kier molecular flexibility index (Phi) is 5.87. The minimum atomic E-state index is -3.10. The van der Waals surface area contributed by atoms with E-state index in [-0.39, 0.29) is 18.7 Å². The molecule has 134 valence electrons. The number of amides is 1. The number of carbonyl (C=O) groups excluding carboxylic acids is 1. The second-order valence-corrected chi connectivity index (χ2v) is 9.63. The van der Waals surface area contributed by atoms with E-state index in [9.17, 15) is 13.2 Å². The molecule has 1 aromatic carbocycles. The Labute approximate surface area is 143 Å². The number of benzene rings is 1. The van der Waals surface area contributed by atoms with E-state index >= 15 is 0 Å². The summed E-state index contributed by atoms with van der Waals surface area (Å²) in [5.41, 5.74) is 0.948. The summed E-state index contributed by atoms with van der Waals surface area (Å²) in [5, 5.41) is 6.08. The van der Waals surface area contributed by atoms with Gasteiger partial charge in [-0.15, -0.1) is 0 Å². The number of carbonyl (C=O) groups is 1. The summed E-state index contributed by atoms with van der Waals surface area (Å²) in [7, 11) is -3.10. The first kappa shape index (κ1) is 18.7. The maximum atomic E-state index is 11.7. The molecule has 1 amide bonds. The molecule has 0 aromatic heterocycles. The molecule has 1 saturated carbocycles. The lowest BCUT2D eigenvalue weighted by molar-refractivity contribution is 0.125. The van der Waals surface area contributed by atoms with Gasteiger partial charge in [-0.05, 0) is 32.3 Å². The lowest BCUT2D eigenvalue weighted by Gasteiger charge is -2.38. The summed E-state index contributed by atoms with van der Waals surface area (Å²) in [6.45, 7) is 4.08. The molecule has 1 aromatic rings. The number of alkyl carbamates (subject to hydrolysis) is 1. The number of sulfone groups is 1. The summed E-state index contributed by atoms with van der Waals surface area (Å²) >= 11 is 0. The Morgan fingerprint density at radius 3 is 2.42 bits per heavy atom. The molecule has 7 heteroatoms. The predicted molar refractivity (Wildman–Crippen MR) is 93.5 cm³/mol. The van der Waals surface area contributed by atoms with Crippen LogP contribution >= 0.6 is 0 Å². The van der Waals surface area contributed by atoms with Crippen molar-refractivity contribution >= 4 is 15.9 Å². The van der Waals surface area contributed by atoms with Gasteiger partial charge in [0.2, 0.25) is 0 Å². The fraction of sp³-hybridized carbons (Fsp3) is 0.588. The van der Waals surface area contributed by atoms with E-state index in [1.807, 2.05) is 30.3 Å². The third kappa shape index (κ3) is 5.21. The van der Waals surface area contributed by atoms with E-state index in [1.54, 1.807) is 13.8 Å². The first-order valence-electron chi connectivity index (χ1n) is 8.07. The van der Waals surface area contributed by atoms with E-state index in [0.717, 1.165) is 18.4 Å². The van der Waals surface area contributed by atoms with Gasteiger partial charge in [0.15, 0.2) is 9.84 Å². The van der Waals surface area contributed by atoms with Crippen LogP contribution in [-0.2, 0) is 21.2 Å². The van der Waals surface area contributed by atoms with Crippen LogP contribution < -0.4 is 10.6 Å². The van der Waals surface area contributed by atoms with Crippen LogP contribution in [0.1, 0.15) is 32.3 Å². The van der Waals surface area contributed by atoms with Gasteiger partial charge in [0.1, 0.15) is 6.61 Å². The van der Waals surface area contributed by atoms with Gasteiger partial charge in [0, 0.05) is 24.9 Å². The van der Waals surface area contributed by atoms with Gasteiger partial charge in [-0.2, -0.15) is 0 Å². The van der Waals surface area contributed by atoms with Crippen molar-refractivity contribution in [2.45, 2.75) is 50.1 Å². The highest BCUT2D eigenvalue weighted by molar-refractivity contribution is 7.92. The summed E-state index contributed by atoms with van der Waals surface area (Å²) in [6, 6.07) is 9.82. The van der Waals surface area contributed by atoms with Gasteiger partial charge >= 0.3 is 6.09 Å². The summed E-state index contributed by atoms with van der Waals surface area (Å²) in [6.07, 6.45) is 2.39. The van der Waals surface area contributed by atoms with E-state index in [0.29, 0.717) is 6.54 Å². The zero-order chi connectivity index (χ0) is 17.8. The van der Waals surface area contributed by atoms with Crippen LogP contribution in [0.15, 0.2) is 30.3 Å². The van der Waals surface area contributed by atoms with Gasteiger partial charge in [0.05, 0.1) is 4.75 Å². The largest absolute Gasteiger partial charge is 0.445 e. The number of hydrogen-bond donors (Lipinski definition) is 2. The van der Waals surface area contributed by atoms with E-state index in [2.05, 4.69) is 10.6 Å². The van der Waals surface area contributed by atoms with Crippen LogP contribution in [0.25, 0.3) is 0 Å². The SMILES string of the molecule is CC(C)(CNC1CC(NC(=O)OCc2ccccc2)C1)S(C)(=O)=O. The third-order valence-corrected chi connectivity index (χ3v) is 6.64. The zero-order valence-corrected chi connectivity index (χ0v) is 15.2. The van der Waals surface area contributed by atoms with E-state index in [4.69, 9.17) is 4.74 Å². The molecule has 0 heterocycles. The van der Waals surface area contributed by atoms with Gasteiger partial charge in [0.25, 0.3) is 0 Å². The van der Waals surface area contributed by atoms with Crippen molar-refractivity contribution < 1.29 is 17.9 Å². The number of nitrogens with one attached hydrogen (secondary N) is 2. The topological polar surface area (TPSA) is 84.5 Å². The van der Waals surface area contributed by atoms with E-state index in [1.165, 1.54) is 6.26 Å². The molecule has 1 aliphatic rings. The average Bonchev–Trinajstić information content (AvgIpc) is 2.47. The molecule has 0 saturated heterocycles. The predicted octanol–water partition coefficient (Wildman–Crippen LogP) is 1.86. The van der Waals surface area contributed by atoms with Gasteiger partial charge in [-0.25, -0.2) is 13.2 Å². The average molecular weight is 354 g/mol. The Hall–Kier alpha value is -1.60. The molecule has 0 atom stereocenters. The van der Waals surface area contributed by atoms with Crippen molar-refractivity contribution in [1.82, 2.24) is 10.6 Å². The molecule has 2 N–H and O–H groups in total. The maximum absolute atomic E-state index is 11.7. The quantitative estimate of drug-likeness (QED) is 0.781. The number of hydrogen-bond acceptors (Lipinski definition) is 5. The fourth-order valence-electron chi connectivity index (χ4n) is 2.36. The molecule has 24 heavy (non-hydrogen) atoms. The van der Waals surface area contributed by atoms with Crippen LogP contribution in [0.3, 0.4) is 0 Å². The maximum Gasteiger partial charge on any atom is 0.407 e. The molecular formula is C17H26N2O4S. The molecule has 6 nitrogen and oxygen atoms in total. The fourth-order valence-corrected chi connectivity index (χ4v) is 2.70. The van der Waals surface area contributed by atoms with Crippen LogP contribution in [0.2, 0.25) is 0 Å². The summed E-state index contributed by atoms with van der Waals surface area (Å²) < 4.78 is 27.7.